The molecule has 0 spiro atoms. The zero-order chi connectivity index (χ0) is 9.54. The Kier molecular flexibility index (Phi) is 3.38. The highest BCUT2D eigenvalue weighted by atomic mass is 14.9. The van der Waals surface area contributed by atoms with Gasteiger partial charge < -0.3 is 4.57 Å². The fourth-order valence-corrected chi connectivity index (χ4v) is 2.12. The summed E-state index contributed by atoms with van der Waals surface area (Å²) in [5, 5.41) is 2.68. The Morgan fingerprint density at radius 1 is 0.688 bits per heavy atom. The fraction of sp³-hybridized carbons (Fsp3) is 0.200. The molecule has 0 saturated heterocycles. The zero-order valence-corrected chi connectivity index (χ0v) is 8.07. The van der Waals surface area contributed by atoms with Gasteiger partial charge in [0.05, 0.1) is 0 Å². The molecule has 0 radical (unpaired) electrons. The Morgan fingerprint density at radius 3 is 1.50 bits per heavy atom. The van der Waals surface area contributed by atoms with E-state index in [1.165, 1.54) is 21.8 Å². The molecule has 0 aliphatic rings. The summed E-state index contributed by atoms with van der Waals surface area (Å²) >= 11 is 0. The molecule has 2 aromatic carbocycles. The van der Waals surface area contributed by atoms with Gasteiger partial charge >= 0.3 is 0 Å². The normalized spacial score (nSPS) is 9.81. The molecule has 3 rings (SSSR count). The maximum absolute atomic E-state index is 2.24. The van der Waals surface area contributed by atoms with Crippen molar-refractivity contribution in [2.24, 2.45) is 7.05 Å². The number of aromatic nitrogens is 1. The molecule has 1 heterocycles. The van der Waals surface area contributed by atoms with Crippen LogP contribution >= 0.6 is 0 Å². The van der Waals surface area contributed by atoms with Crippen LogP contribution in [-0.2, 0) is 7.05 Å². The van der Waals surface area contributed by atoms with Crippen molar-refractivity contribution >= 4 is 21.8 Å². The van der Waals surface area contributed by atoms with Gasteiger partial charge in [-0.25, -0.2) is 0 Å². The number of benzene rings is 2. The summed E-state index contributed by atoms with van der Waals surface area (Å²) in [6, 6.07) is 17.0. The molecular formula is C15H19N. The minimum Gasteiger partial charge on any atom is -0.344 e. The molecule has 3 aromatic rings. The molecule has 0 aliphatic carbocycles. The van der Waals surface area contributed by atoms with Gasteiger partial charge in [0.2, 0.25) is 0 Å². The largest absolute Gasteiger partial charge is 0.344 e. The molecule has 0 fully saturated rings. The Morgan fingerprint density at radius 2 is 1.06 bits per heavy atom. The van der Waals surface area contributed by atoms with E-state index >= 15 is 0 Å². The number of rotatable bonds is 0. The van der Waals surface area contributed by atoms with Crippen molar-refractivity contribution in [1.29, 1.82) is 0 Å². The molecule has 0 unspecified atom stereocenters. The van der Waals surface area contributed by atoms with Gasteiger partial charge in [0.1, 0.15) is 0 Å². The Hall–Kier alpha value is -1.76. The van der Waals surface area contributed by atoms with Crippen LogP contribution in [0.25, 0.3) is 21.8 Å². The molecule has 1 heteroatoms. The van der Waals surface area contributed by atoms with E-state index in [-0.39, 0.29) is 14.9 Å². The lowest BCUT2D eigenvalue weighted by molar-refractivity contribution is 1.01. The van der Waals surface area contributed by atoms with Gasteiger partial charge in [0.15, 0.2) is 0 Å². The molecule has 1 nitrogen and oxygen atoms in total. The molecule has 0 bridgehead atoms. The average molecular weight is 213 g/mol. The van der Waals surface area contributed by atoms with Crippen molar-refractivity contribution < 1.29 is 0 Å². The van der Waals surface area contributed by atoms with Crippen LogP contribution in [0.4, 0.5) is 0 Å². The zero-order valence-electron chi connectivity index (χ0n) is 8.07. The monoisotopic (exact) mass is 213 g/mol. The summed E-state index contributed by atoms with van der Waals surface area (Å²) in [6.45, 7) is 0. The summed E-state index contributed by atoms with van der Waals surface area (Å²) in [6.07, 6.45) is 0. The maximum atomic E-state index is 2.24. The highest BCUT2D eigenvalue weighted by molar-refractivity contribution is 6.07. The molecule has 0 aliphatic heterocycles. The minimum absolute atomic E-state index is 0. The molecular weight excluding hydrogens is 194 g/mol. The van der Waals surface area contributed by atoms with Crippen molar-refractivity contribution in [1.82, 2.24) is 4.57 Å². The van der Waals surface area contributed by atoms with Crippen LogP contribution in [0.1, 0.15) is 14.9 Å². The maximum Gasteiger partial charge on any atom is 0.0488 e. The third kappa shape index (κ3) is 1.49. The predicted molar refractivity (Wildman–Crippen MR) is 73.9 cm³/mol. The predicted octanol–water partition coefficient (Wildman–Crippen LogP) is 4.60. The number of para-hydroxylation sites is 2. The Bertz CT molecular complexity index is 552. The summed E-state index contributed by atoms with van der Waals surface area (Å²) in [5.74, 6) is 0. The number of nitrogens with zero attached hydrogens (tertiary/aromatic N) is 1. The van der Waals surface area contributed by atoms with Gasteiger partial charge in [-0.05, 0) is 12.1 Å². The highest BCUT2D eigenvalue weighted by Crippen LogP contribution is 2.26. The van der Waals surface area contributed by atoms with Crippen molar-refractivity contribution in [3.05, 3.63) is 48.5 Å². The standard InChI is InChI=1S/C13H11N.2CH4/c1-14-12-8-4-2-6-10(12)11-7-3-5-9-13(11)14;;/h2-9H,1H3;2*1H4. The lowest BCUT2D eigenvalue weighted by Gasteiger charge is -1.95. The third-order valence-corrected chi connectivity index (χ3v) is 2.82. The van der Waals surface area contributed by atoms with Crippen LogP contribution in [0.3, 0.4) is 0 Å². The van der Waals surface area contributed by atoms with Crippen molar-refractivity contribution in [3.63, 3.8) is 0 Å². The Labute approximate surface area is 97.3 Å². The number of fused-ring (bicyclic) bond motifs is 3. The summed E-state index contributed by atoms with van der Waals surface area (Å²) < 4.78 is 2.24. The highest BCUT2D eigenvalue weighted by Gasteiger charge is 2.04. The first-order valence-corrected chi connectivity index (χ1v) is 4.80. The van der Waals surface area contributed by atoms with Crippen LogP contribution in [0.5, 0.6) is 0 Å². The molecule has 16 heavy (non-hydrogen) atoms. The quantitative estimate of drug-likeness (QED) is 0.514. The lowest BCUT2D eigenvalue weighted by atomic mass is 10.2. The number of hydrogen-bond acceptors (Lipinski definition) is 0. The average Bonchev–Trinajstić information content (AvgIpc) is 2.55. The molecule has 0 atom stereocenters. The minimum atomic E-state index is 0. The van der Waals surface area contributed by atoms with E-state index in [0.717, 1.165) is 0 Å². The van der Waals surface area contributed by atoms with E-state index in [1.807, 2.05) is 0 Å². The summed E-state index contributed by atoms with van der Waals surface area (Å²) in [7, 11) is 2.12. The van der Waals surface area contributed by atoms with E-state index < -0.39 is 0 Å². The second-order valence-corrected chi connectivity index (χ2v) is 3.59. The third-order valence-electron chi connectivity index (χ3n) is 2.82. The van der Waals surface area contributed by atoms with Crippen LogP contribution in [0, 0.1) is 0 Å². The SMILES string of the molecule is C.C.Cn1c2ccccc2c2ccccc21. The molecule has 84 valence electrons. The van der Waals surface area contributed by atoms with E-state index in [4.69, 9.17) is 0 Å². The fourth-order valence-electron chi connectivity index (χ4n) is 2.12. The van der Waals surface area contributed by atoms with Crippen LogP contribution < -0.4 is 0 Å². The molecule has 0 N–H and O–H groups in total. The van der Waals surface area contributed by atoms with Crippen molar-refractivity contribution in [2.45, 2.75) is 14.9 Å². The van der Waals surface area contributed by atoms with Gasteiger partial charge in [-0.15, -0.1) is 0 Å². The smallest absolute Gasteiger partial charge is 0.0488 e. The van der Waals surface area contributed by atoms with Crippen molar-refractivity contribution in [2.75, 3.05) is 0 Å². The van der Waals surface area contributed by atoms with Gasteiger partial charge in [-0.1, -0.05) is 51.3 Å². The van der Waals surface area contributed by atoms with Crippen LogP contribution in [-0.4, -0.2) is 4.57 Å². The van der Waals surface area contributed by atoms with E-state index in [9.17, 15) is 0 Å². The first-order valence-electron chi connectivity index (χ1n) is 4.80. The van der Waals surface area contributed by atoms with Gasteiger partial charge in [0, 0.05) is 28.9 Å². The lowest BCUT2D eigenvalue weighted by Crippen LogP contribution is -1.84. The molecule has 0 saturated carbocycles. The number of aryl methyl sites for hydroxylation is 1. The van der Waals surface area contributed by atoms with Crippen LogP contribution in [0.15, 0.2) is 48.5 Å². The first kappa shape index (κ1) is 12.3. The summed E-state index contributed by atoms with van der Waals surface area (Å²) in [4.78, 5) is 0. The first-order chi connectivity index (χ1) is 6.88. The van der Waals surface area contributed by atoms with Gasteiger partial charge in [-0.3, -0.25) is 0 Å². The van der Waals surface area contributed by atoms with E-state index in [2.05, 4.69) is 60.1 Å². The summed E-state index contributed by atoms with van der Waals surface area (Å²) in [5.41, 5.74) is 2.60. The Balaban J connectivity index is 0.000000640. The molecule has 1 aromatic heterocycles. The van der Waals surface area contributed by atoms with Gasteiger partial charge in [-0.2, -0.15) is 0 Å². The van der Waals surface area contributed by atoms with Gasteiger partial charge in [0.25, 0.3) is 0 Å². The van der Waals surface area contributed by atoms with Crippen LogP contribution in [0.2, 0.25) is 0 Å². The topological polar surface area (TPSA) is 4.93 Å². The van der Waals surface area contributed by atoms with E-state index in [0.29, 0.717) is 0 Å². The second kappa shape index (κ2) is 4.40. The van der Waals surface area contributed by atoms with Crippen molar-refractivity contribution in [3.8, 4) is 0 Å². The van der Waals surface area contributed by atoms with E-state index in [1.54, 1.807) is 0 Å². The molecule has 0 amide bonds. The number of hydrogen-bond donors (Lipinski definition) is 0. The second-order valence-electron chi connectivity index (χ2n) is 3.59.